The second-order valence-electron chi connectivity index (χ2n) is 6.70. The highest BCUT2D eigenvalue weighted by molar-refractivity contribution is 5.25. The van der Waals surface area contributed by atoms with Gasteiger partial charge in [-0.25, -0.2) is 0 Å². The number of benzene rings is 1. The highest BCUT2D eigenvalue weighted by Crippen LogP contribution is 2.28. The summed E-state index contributed by atoms with van der Waals surface area (Å²) < 4.78 is 0. The maximum Gasteiger partial charge on any atom is 0.0253 e. The van der Waals surface area contributed by atoms with E-state index in [2.05, 4.69) is 43.5 Å². The quantitative estimate of drug-likeness (QED) is 0.604. The van der Waals surface area contributed by atoms with E-state index < -0.39 is 0 Å². The van der Waals surface area contributed by atoms with Crippen molar-refractivity contribution < 1.29 is 0 Å². The summed E-state index contributed by atoms with van der Waals surface area (Å²) in [6, 6.07) is 9.46. The molecule has 1 atom stereocenters. The lowest BCUT2D eigenvalue weighted by atomic mass is 9.83. The Labute approximate surface area is 124 Å². The molecule has 3 N–H and O–H groups in total. The third-order valence-corrected chi connectivity index (χ3v) is 4.71. The van der Waals surface area contributed by atoms with Gasteiger partial charge >= 0.3 is 0 Å². The zero-order valence-electron chi connectivity index (χ0n) is 13.1. The molecule has 0 heterocycles. The van der Waals surface area contributed by atoms with E-state index >= 15 is 0 Å². The Morgan fingerprint density at radius 2 is 1.75 bits per heavy atom. The molecule has 0 amide bonds. The first-order valence-corrected chi connectivity index (χ1v) is 8.24. The lowest BCUT2D eigenvalue weighted by Gasteiger charge is -2.26. The monoisotopic (exact) mass is 274 g/mol. The van der Waals surface area contributed by atoms with Gasteiger partial charge in [0.2, 0.25) is 0 Å². The van der Waals surface area contributed by atoms with Gasteiger partial charge in [0.15, 0.2) is 0 Å². The minimum Gasteiger partial charge on any atom is -0.271 e. The molecule has 0 saturated heterocycles. The Morgan fingerprint density at radius 1 is 1.10 bits per heavy atom. The van der Waals surface area contributed by atoms with E-state index in [1.165, 1.54) is 49.7 Å². The van der Waals surface area contributed by atoms with Crippen LogP contribution in [0.4, 0.5) is 0 Å². The molecule has 2 nitrogen and oxygen atoms in total. The number of nitrogens with two attached hydrogens (primary N) is 1. The van der Waals surface area contributed by atoms with E-state index in [-0.39, 0.29) is 0 Å². The van der Waals surface area contributed by atoms with Crippen molar-refractivity contribution >= 4 is 0 Å². The number of hydrogen-bond acceptors (Lipinski definition) is 2. The molecule has 2 rings (SSSR count). The molecule has 1 aromatic rings. The molecule has 1 aromatic carbocycles. The molecule has 0 aromatic heterocycles. The van der Waals surface area contributed by atoms with Crippen molar-refractivity contribution in [3.63, 3.8) is 0 Å². The highest BCUT2D eigenvalue weighted by Gasteiger charge is 2.18. The molecule has 1 saturated carbocycles. The summed E-state index contributed by atoms with van der Waals surface area (Å²) in [6.07, 6.45) is 9.30. The van der Waals surface area contributed by atoms with Gasteiger partial charge in [-0.05, 0) is 35.8 Å². The van der Waals surface area contributed by atoms with Crippen LogP contribution in [0, 0.1) is 5.92 Å². The van der Waals surface area contributed by atoms with Crippen LogP contribution in [0.5, 0.6) is 0 Å². The van der Waals surface area contributed by atoms with Crippen molar-refractivity contribution in [2.75, 3.05) is 0 Å². The van der Waals surface area contributed by atoms with E-state index in [1.807, 2.05) is 0 Å². The third kappa shape index (κ3) is 4.60. The molecule has 1 aliphatic rings. The molecular weight excluding hydrogens is 244 g/mol. The summed E-state index contributed by atoms with van der Waals surface area (Å²) in [5.74, 6) is 7.25. The van der Waals surface area contributed by atoms with Crippen molar-refractivity contribution in [2.45, 2.75) is 70.8 Å². The average Bonchev–Trinajstić information content (AvgIpc) is 2.48. The standard InChI is InChI=1S/C18H30N2/c1-14(2)17-10-8-16(9-11-17)13-18(20-19)12-15-6-4-3-5-7-15/h8-11,14-15,18,20H,3-7,12-13,19H2,1-2H3. The molecule has 0 bridgehead atoms. The van der Waals surface area contributed by atoms with E-state index in [1.54, 1.807) is 0 Å². The summed E-state index contributed by atoms with van der Waals surface area (Å²) in [7, 11) is 0. The molecule has 1 aliphatic carbocycles. The van der Waals surface area contributed by atoms with Gasteiger partial charge < -0.3 is 0 Å². The Morgan fingerprint density at radius 3 is 2.30 bits per heavy atom. The summed E-state index contributed by atoms with van der Waals surface area (Å²) in [6.45, 7) is 4.48. The molecule has 1 fully saturated rings. The second-order valence-corrected chi connectivity index (χ2v) is 6.70. The van der Waals surface area contributed by atoms with Crippen molar-refractivity contribution in [3.05, 3.63) is 35.4 Å². The number of hydrazine groups is 1. The SMILES string of the molecule is CC(C)c1ccc(CC(CC2CCCCC2)NN)cc1. The minimum absolute atomic E-state index is 0.419. The summed E-state index contributed by atoms with van der Waals surface area (Å²) in [5.41, 5.74) is 5.85. The summed E-state index contributed by atoms with van der Waals surface area (Å²) in [5, 5.41) is 0. The molecule has 0 radical (unpaired) electrons. The first kappa shape index (κ1) is 15.5. The van der Waals surface area contributed by atoms with Gasteiger partial charge in [0.1, 0.15) is 0 Å². The maximum absolute atomic E-state index is 5.77. The summed E-state index contributed by atoms with van der Waals surface area (Å²) in [4.78, 5) is 0. The highest BCUT2D eigenvalue weighted by atomic mass is 15.2. The van der Waals surface area contributed by atoms with Crippen LogP contribution in [0.1, 0.15) is 69.4 Å². The largest absolute Gasteiger partial charge is 0.271 e. The van der Waals surface area contributed by atoms with E-state index in [0.717, 1.165) is 12.3 Å². The number of nitrogens with one attached hydrogen (secondary N) is 1. The third-order valence-electron chi connectivity index (χ3n) is 4.71. The van der Waals surface area contributed by atoms with Gasteiger partial charge in [0, 0.05) is 6.04 Å². The molecule has 0 spiro atoms. The van der Waals surface area contributed by atoms with Gasteiger partial charge in [-0.2, -0.15) is 0 Å². The van der Waals surface area contributed by atoms with Crippen LogP contribution in [0.2, 0.25) is 0 Å². The normalized spacial score (nSPS) is 18.4. The van der Waals surface area contributed by atoms with E-state index in [0.29, 0.717) is 12.0 Å². The van der Waals surface area contributed by atoms with Crippen LogP contribution < -0.4 is 11.3 Å². The van der Waals surface area contributed by atoms with Gasteiger partial charge in [0.25, 0.3) is 0 Å². The van der Waals surface area contributed by atoms with E-state index in [9.17, 15) is 0 Å². The van der Waals surface area contributed by atoms with Gasteiger partial charge in [-0.15, -0.1) is 0 Å². The number of hydrogen-bond donors (Lipinski definition) is 2. The molecule has 20 heavy (non-hydrogen) atoms. The molecule has 112 valence electrons. The lowest BCUT2D eigenvalue weighted by molar-refractivity contribution is 0.298. The average molecular weight is 274 g/mol. The van der Waals surface area contributed by atoms with Crippen LogP contribution in [-0.4, -0.2) is 6.04 Å². The van der Waals surface area contributed by atoms with Crippen molar-refractivity contribution in [1.82, 2.24) is 5.43 Å². The fourth-order valence-corrected chi connectivity index (χ4v) is 3.36. The lowest BCUT2D eigenvalue weighted by Crippen LogP contribution is -2.38. The van der Waals surface area contributed by atoms with Crippen molar-refractivity contribution in [1.29, 1.82) is 0 Å². The Bertz CT molecular complexity index is 377. The van der Waals surface area contributed by atoms with Crippen LogP contribution in [0.15, 0.2) is 24.3 Å². The van der Waals surface area contributed by atoms with Crippen molar-refractivity contribution in [3.8, 4) is 0 Å². The van der Waals surface area contributed by atoms with E-state index in [4.69, 9.17) is 5.84 Å². The fraction of sp³-hybridized carbons (Fsp3) is 0.667. The van der Waals surface area contributed by atoms with Crippen molar-refractivity contribution in [2.24, 2.45) is 11.8 Å². The molecule has 0 aliphatic heterocycles. The Balaban J connectivity index is 1.88. The topological polar surface area (TPSA) is 38.0 Å². The first-order valence-electron chi connectivity index (χ1n) is 8.24. The first-order chi connectivity index (χ1) is 9.69. The van der Waals surface area contributed by atoms with Crippen LogP contribution in [-0.2, 0) is 6.42 Å². The Kier molecular flexibility index (Phi) is 6.06. The van der Waals surface area contributed by atoms with Crippen LogP contribution >= 0.6 is 0 Å². The van der Waals surface area contributed by atoms with Gasteiger partial charge in [-0.1, -0.05) is 70.2 Å². The maximum atomic E-state index is 5.77. The number of rotatable bonds is 6. The zero-order chi connectivity index (χ0) is 14.4. The van der Waals surface area contributed by atoms with Crippen LogP contribution in [0.25, 0.3) is 0 Å². The van der Waals surface area contributed by atoms with Gasteiger partial charge in [0.05, 0.1) is 0 Å². The summed E-state index contributed by atoms with van der Waals surface area (Å²) >= 11 is 0. The second kappa shape index (κ2) is 7.80. The van der Waals surface area contributed by atoms with Gasteiger partial charge in [-0.3, -0.25) is 11.3 Å². The molecule has 1 unspecified atom stereocenters. The predicted molar refractivity (Wildman–Crippen MR) is 86.5 cm³/mol. The zero-order valence-corrected chi connectivity index (χ0v) is 13.1. The molecular formula is C18H30N2. The smallest absolute Gasteiger partial charge is 0.0253 e. The molecule has 2 heteroatoms. The predicted octanol–water partition coefficient (Wildman–Crippen LogP) is 4.15. The minimum atomic E-state index is 0.419. The van der Waals surface area contributed by atoms with Crippen LogP contribution in [0.3, 0.4) is 0 Å². The fourth-order valence-electron chi connectivity index (χ4n) is 3.36. The Hall–Kier alpha value is -0.860.